The third-order valence-electron chi connectivity index (χ3n) is 3.30. The Bertz CT molecular complexity index is 476. The van der Waals surface area contributed by atoms with Gasteiger partial charge in [-0.15, -0.1) is 0 Å². The predicted molar refractivity (Wildman–Crippen MR) is 67.7 cm³/mol. The predicted octanol–water partition coefficient (Wildman–Crippen LogP) is 2.71. The molecule has 20 heavy (non-hydrogen) atoms. The summed E-state index contributed by atoms with van der Waals surface area (Å²) in [5.74, 6) is 0.135. The summed E-state index contributed by atoms with van der Waals surface area (Å²) >= 11 is 5.84. The van der Waals surface area contributed by atoms with Crippen molar-refractivity contribution >= 4 is 17.4 Å². The fraction of sp³-hybridized carbons (Fsp3) is 0.583. The van der Waals surface area contributed by atoms with E-state index in [1.165, 1.54) is 0 Å². The van der Waals surface area contributed by atoms with Gasteiger partial charge in [0.05, 0.1) is 22.7 Å². The van der Waals surface area contributed by atoms with Crippen molar-refractivity contribution in [2.45, 2.75) is 24.6 Å². The fourth-order valence-electron chi connectivity index (χ4n) is 2.02. The first-order valence-electron chi connectivity index (χ1n) is 6.06. The van der Waals surface area contributed by atoms with E-state index in [-0.39, 0.29) is 17.4 Å². The Balaban J connectivity index is 2.21. The molecule has 1 aromatic rings. The third-order valence-corrected chi connectivity index (χ3v) is 3.59. The van der Waals surface area contributed by atoms with Crippen LogP contribution in [0, 0.1) is 0 Å². The summed E-state index contributed by atoms with van der Waals surface area (Å²) in [6.45, 7) is 0.757. The molecule has 0 amide bonds. The normalized spacial score (nSPS) is 18.9. The van der Waals surface area contributed by atoms with Gasteiger partial charge in [0.2, 0.25) is 0 Å². The maximum atomic E-state index is 12.5. The van der Waals surface area contributed by atoms with Crippen LogP contribution in [0.25, 0.3) is 0 Å². The summed E-state index contributed by atoms with van der Waals surface area (Å²) in [6, 6.07) is 0.821. The molecule has 112 valence electrons. The lowest BCUT2D eigenvalue weighted by Crippen LogP contribution is -2.47. The number of ether oxygens (including phenoxy) is 1. The number of alkyl halides is 3. The van der Waals surface area contributed by atoms with E-state index in [0.29, 0.717) is 26.1 Å². The van der Waals surface area contributed by atoms with Crippen LogP contribution >= 0.6 is 11.6 Å². The van der Waals surface area contributed by atoms with Crippen LogP contribution in [-0.2, 0) is 10.9 Å². The van der Waals surface area contributed by atoms with Crippen molar-refractivity contribution in [3.63, 3.8) is 0 Å². The summed E-state index contributed by atoms with van der Waals surface area (Å²) in [5, 5.41) is 12.3. The summed E-state index contributed by atoms with van der Waals surface area (Å²) in [7, 11) is 0. The molecule has 2 N–H and O–H groups in total. The fourth-order valence-corrected chi connectivity index (χ4v) is 2.23. The van der Waals surface area contributed by atoms with E-state index in [9.17, 15) is 18.3 Å². The molecule has 8 heteroatoms. The average molecular weight is 311 g/mol. The van der Waals surface area contributed by atoms with Crippen LogP contribution in [0.3, 0.4) is 0 Å². The Kier molecular flexibility index (Phi) is 4.41. The second kappa shape index (κ2) is 5.75. The SMILES string of the molecule is OCC1(Nc2ncc(C(F)(F)F)cc2Cl)CCOCC1. The molecule has 1 aliphatic rings. The number of aliphatic hydroxyl groups is 1. The second-order valence-electron chi connectivity index (χ2n) is 4.73. The molecule has 0 spiro atoms. The van der Waals surface area contributed by atoms with E-state index >= 15 is 0 Å². The molecular weight excluding hydrogens is 297 g/mol. The first-order valence-corrected chi connectivity index (χ1v) is 6.44. The first-order chi connectivity index (χ1) is 9.36. The number of aliphatic hydroxyl groups excluding tert-OH is 1. The molecule has 1 aromatic heterocycles. The lowest BCUT2D eigenvalue weighted by Gasteiger charge is -2.37. The van der Waals surface area contributed by atoms with E-state index in [2.05, 4.69) is 10.3 Å². The van der Waals surface area contributed by atoms with Crippen LogP contribution in [-0.4, -0.2) is 35.5 Å². The van der Waals surface area contributed by atoms with Crippen molar-refractivity contribution in [2.75, 3.05) is 25.1 Å². The van der Waals surface area contributed by atoms with Gasteiger partial charge in [-0.05, 0) is 18.9 Å². The van der Waals surface area contributed by atoms with E-state index < -0.39 is 17.3 Å². The number of halogens is 4. The number of aromatic nitrogens is 1. The number of hydrogen-bond acceptors (Lipinski definition) is 4. The smallest absolute Gasteiger partial charge is 0.394 e. The summed E-state index contributed by atoms with van der Waals surface area (Å²) < 4.78 is 42.8. The minimum absolute atomic E-state index is 0.126. The Morgan fingerprint density at radius 2 is 2.05 bits per heavy atom. The number of rotatable bonds is 3. The van der Waals surface area contributed by atoms with Gasteiger partial charge in [0.15, 0.2) is 0 Å². The van der Waals surface area contributed by atoms with E-state index in [0.717, 1.165) is 12.3 Å². The highest BCUT2D eigenvalue weighted by molar-refractivity contribution is 6.33. The van der Waals surface area contributed by atoms with Crippen LogP contribution in [0.5, 0.6) is 0 Å². The van der Waals surface area contributed by atoms with Gasteiger partial charge in [-0.3, -0.25) is 0 Å². The van der Waals surface area contributed by atoms with Crippen molar-refractivity contribution in [3.05, 3.63) is 22.8 Å². The minimum Gasteiger partial charge on any atom is -0.394 e. The Morgan fingerprint density at radius 3 is 2.55 bits per heavy atom. The van der Waals surface area contributed by atoms with Crippen molar-refractivity contribution in [2.24, 2.45) is 0 Å². The molecule has 0 aromatic carbocycles. The Hall–Kier alpha value is -1.05. The zero-order chi connectivity index (χ0) is 14.8. The standard InChI is InChI=1S/C12H14ClF3N2O2/c13-9-5-8(12(14,15)16)6-17-10(9)18-11(7-19)1-3-20-4-2-11/h5-6,19H,1-4,7H2,(H,17,18). The van der Waals surface area contributed by atoms with Gasteiger partial charge in [-0.1, -0.05) is 11.6 Å². The van der Waals surface area contributed by atoms with Gasteiger partial charge in [0.1, 0.15) is 5.82 Å². The number of nitrogens with one attached hydrogen (secondary N) is 1. The molecule has 0 radical (unpaired) electrons. The first kappa shape index (κ1) is 15.3. The van der Waals surface area contributed by atoms with Gasteiger partial charge in [0.25, 0.3) is 0 Å². The molecule has 0 atom stereocenters. The van der Waals surface area contributed by atoms with Crippen molar-refractivity contribution in [1.82, 2.24) is 4.98 Å². The van der Waals surface area contributed by atoms with Gasteiger partial charge in [-0.25, -0.2) is 4.98 Å². The van der Waals surface area contributed by atoms with Gasteiger partial charge >= 0.3 is 6.18 Å². The lowest BCUT2D eigenvalue weighted by molar-refractivity contribution is -0.137. The summed E-state index contributed by atoms with van der Waals surface area (Å²) in [6.07, 6.45) is -2.70. The lowest BCUT2D eigenvalue weighted by atomic mass is 9.91. The highest BCUT2D eigenvalue weighted by Gasteiger charge is 2.34. The van der Waals surface area contributed by atoms with Gasteiger partial charge in [0, 0.05) is 19.4 Å². The number of nitrogens with zero attached hydrogens (tertiary/aromatic N) is 1. The molecule has 1 saturated heterocycles. The van der Waals surface area contributed by atoms with E-state index in [4.69, 9.17) is 16.3 Å². The second-order valence-corrected chi connectivity index (χ2v) is 5.14. The van der Waals surface area contributed by atoms with Crippen LogP contribution in [0.4, 0.5) is 19.0 Å². The summed E-state index contributed by atoms with van der Waals surface area (Å²) in [4.78, 5) is 3.72. The van der Waals surface area contributed by atoms with Crippen molar-refractivity contribution in [3.8, 4) is 0 Å². The van der Waals surface area contributed by atoms with Crippen LogP contribution < -0.4 is 5.32 Å². The molecule has 4 nitrogen and oxygen atoms in total. The van der Waals surface area contributed by atoms with Crippen LogP contribution in [0.15, 0.2) is 12.3 Å². The molecule has 2 rings (SSSR count). The molecule has 0 aliphatic carbocycles. The maximum absolute atomic E-state index is 12.5. The molecule has 2 heterocycles. The van der Waals surface area contributed by atoms with E-state index in [1.807, 2.05) is 0 Å². The molecule has 1 aliphatic heterocycles. The molecule has 0 unspecified atom stereocenters. The van der Waals surface area contributed by atoms with Gasteiger partial charge in [-0.2, -0.15) is 13.2 Å². The quantitative estimate of drug-likeness (QED) is 0.901. The highest BCUT2D eigenvalue weighted by Crippen LogP contribution is 2.34. The molecule has 1 fully saturated rings. The van der Waals surface area contributed by atoms with Crippen LogP contribution in [0.2, 0.25) is 5.02 Å². The average Bonchev–Trinajstić information content (AvgIpc) is 2.41. The van der Waals surface area contributed by atoms with Gasteiger partial charge < -0.3 is 15.2 Å². The monoisotopic (exact) mass is 310 g/mol. The zero-order valence-electron chi connectivity index (χ0n) is 10.5. The van der Waals surface area contributed by atoms with Crippen LogP contribution in [0.1, 0.15) is 18.4 Å². The minimum atomic E-state index is -4.48. The zero-order valence-corrected chi connectivity index (χ0v) is 11.3. The molecule has 0 bridgehead atoms. The van der Waals surface area contributed by atoms with Crippen molar-refractivity contribution in [1.29, 1.82) is 0 Å². The molecule has 0 saturated carbocycles. The summed E-state index contributed by atoms with van der Waals surface area (Å²) in [5.41, 5.74) is -1.56. The molecular formula is C12H14ClF3N2O2. The largest absolute Gasteiger partial charge is 0.417 e. The topological polar surface area (TPSA) is 54.4 Å². The highest BCUT2D eigenvalue weighted by atomic mass is 35.5. The Morgan fingerprint density at radius 1 is 1.40 bits per heavy atom. The maximum Gasteiger partial charge on any atom is 0.417 e. The Labute approximate surface area is 118 Å². The van der Waals surface area contributed by atoms with Crippen molar-refractivity contribution < 1.29 is 23.0 Å². The number of pyridine rings is 1. The third kappa shape index (κ3) is 3.34. The number of hydrogen-bond donors (Lipinski definition) is 2. The number of anilines is 1. The van der Waals surface area contributed by atoms with E-state index in [1.54, 1.807) is 0 Å².